The van der Waals surface area contributed by atoms with Crippen LogP contribution in [0.3, 0.4) is 0 Å². The van der Waals surface area contributed by atoms with Crippen molar-refractivity contribution in [3.63, 3.8) is 0 Å². The van der Waals surface area contributed by atoms with Gasteiger partial charge in [-0.2, -0.15) is 13.2 Å². The first-order valence-electron chi connectivity index (χ1n) is 6.06. The molecule has 0 aliphatic rings. The zero-order chi connectivity index (χ0) is 15.2. The molecule has 0 atom stereocenters. The van der Waals surface area contributed by atoms with Crippen LogP contribution in [0.15, 0.2) is 10.8 Å². The van der Waals surface area contributed by atoms with E-state index in [1.54, 1.807) is 0 Å². The Morgan fingerprint density at radius 2 is 2.10 bits per heavy atom. The second-order valence-electron chi connectivity index (χ2n) is 4.05. The van der Waals surface area contributed by atoms with Crippen LogP contribution in [0.1, 0.15) is 13.3 Å². The Bertz CT molecular complexity index is 431. The summed E-state index contributed by atoms with van der Waals surface area (Å²) in [7, 11) is 0. The second kappa shape index (κ2) is 7.63. The predicted octanol–water partition coefficient (Wildman–Crippen LogP) is 2.42. The van der Waals surface area contributed by atoms with E-state index in [4.69, 9.17) is 5.11 Å². The summed E-state index contributed by atoms with van der Waals surface area (Å²) in [4.78, 5) is 8.80. The summed E-state index contributed by atoms with van der Waals surface area (Å²) in [6.45, 7) is 0.863. The molecule has 1 aromatic heterocycles. The molecule has 114 valence electrons. The van der Waals surface area contributed by atoms with Crippen molar-refractivity contribution in [2.75, 3.05) is 36.5 Å². The van der Waals surface area contributed by atoms with Crippen molar-refractivity contribution < 1.29 is 18.3 Å². The van der Waals surface area contributed by atoms with Crippen LogP contribution in [-0.2, 0) is 0 Å². The number of nitrogens with one attached hydrogen (secondary N) is 1. The molecule has 5 nitrogen and oxygen atoms in total. The number of hydrogen-bond acceptors (Lipinski definition) is 5. The molecule has 0 aliphatic carbocycles. The van der Waals surface area contributed by atoms with E-state index in [9.17, 15) is 13.2 Å². The Kier molecular flexibility index (Phi) is 6.47. The number of aromatic nitrogens is 2. The maximum atomic E-state index is 12.6. The number of alkyl halides is 3. The zero-order valence-electron chi connectivity index (χ0n) is 10.9. The van der Waals surface area contributed by atoms with E-state index in [0.29, 0.717) is 16.8 Å². The average molecular weight is 357 g/mol. The van der Waals surface area contributed by atoms with Gasteiger partial charge in [0.25, 0.3) is 0 Å². The zero-order valence-corrected chi connectivity index (χ0v) is 12.5. The Balaban J connectivity index is 3.00. The number of nitrogens with zero attached hydrogens (tertiary/aromatic N) is 3. The molecule has 1 heterocycles. The van der Waals surface area contributed by atoms with Gasteiger partial charge in [0.05, 0.1) is 6.61 Å². The molecule has 2 N–H and O–H groups in total. The Hall–Kier alpha value is -1.09. The molecular formula is C11H16BrF3N4O. The average Bonchev–Trinajstić information content (AvgIpc) is 2.35. The van der Waals surface area contributed by atoms with Crippen LogP contribution in [0.4, 0.5) is 24.8 Å². The SMILES string of the molecule is CCCNc1ncnc(N(CCO)CC(F)(F)F)c1Br. The van der Waals surface area contributed by atoms with E-state index in [1.807, 2.05) is 6.92 Å². The fourth-order valence-corrected chi connectivity index (χ4v) is 2.14. The summed E-state index contributed by atoms with van der Waals surface area (Å²) >= 11 is 3.21. The quantitative estimate of drug-likeness (QED) is 0.785. The van der Waals surface area contributed by atoms with Gasteiger partial charge in [-0.25, -0.2) is 9.97 Å². The molecule has 1 aromatic rings. The summed E-state index contributed by atoms with van der Waals surface area (Å²) in [6.07, 6.45) is -2.33. The van der Waals surface area contributed by atoms with Gasteiger partial charge in [0, 0.05) is 13.1 Å². The van der Waals surface area contributed by atoms with Gasteiger partial charge in [-0.3, -0.25) is 0 Å². The summed E-state index contributed by atoms with van der Waals surface area (Å²) in [6, 6.07) is 0. The molecule has 9 heteroatoms. The van der Waals surface area contributed by atoms with Gasteiger partial charge in [-0.05, 0) is 22.4 Å². The van der Waals surface area contributed by atoms with Crippen LogP contribution in [-0.4, -0.2) is 47.5 Å². The molecule has 0 spiro atoms. The molecule has 0 saturated carbocycles. The molecule has 1 rings (SSSR count). The van der Waals surface area contributed by atoms with E-state index in [-0.39, 0.29) is 12.4 Å². The minimum atomic E-state index is -4.38. The highest BCUT2D eigenvalue weighted by atomic mass is 79.9. The number of rotatable bonds is 7. The Morgan fingerprint density at radius 3 is 2.65 bits per heavy atom. The smallest absolute Gasteiger partial charge is 0.395 e. The molecule has 20 heavy (non-hydrogen) atoms. The largest absolute Gasteiger partial charge is 0.405 e. The predicted molar refractivity (Wildman–Crippen MR) is 73.9 cm³/mol. The first kappa shape index (κ1) is 17.0. The van der Waals surface area contributed by atoms with E-state index in [1.165, 1.54) is 6.33 Å². The van der Waals surface area contributed by atoms with Gasteiger partial charge in [0.1, 0.15) is 29.0 Å². The lowest BCUT2D eigenvalue weighted by Gasteiger charge is -2.25. The molecule has 0 aliphatic heterocycles. The van der Waals surface area contributed by atoms with Gasteiger partial charge in [0.2, 0.25) is 0 Å². The standard InChI is InChI=1S/C11H16BrF3N4O/c1-2-3-16-9-8(12)10(18-7-17-9)19(4-5-20)6-11(13,14)15/h7,20H,2-6H2,1H3,(H,16,17,18). The second-order valence-corrected chi connectivity index (χ2v) is 4.84. The summed E-state index contributed by atoms with van der Waals surface area (Å²) in [5.41, 5.74) is 0. The highest BCUT2D eigenvalue weighted by Crippen LogP contribution is 2.31. The molecule has 0 fully saturated rings. The van der Waals surface area contributed by atoms with E-state index in [0.717, 1.165) is 11.3 Å². The molecular weight excluding hydrogens is 341 g/mol. The summed E-state index contributed by atoms with van der Waals surface area (Å²) in [5.74, 6) is 0.534. The van der Waals surface area contributed by atoms with Crippen LogP contribution in [0.2, 0.25) is 0 Å². The topological polar surface area (TPSA) is 61.3 Å². The van der Waals surface area contributed by atoms with Gasteiger partial charge < -0.3 is 15.3 Å². The van der Waals surface area contributed by atoms with Crippen molar-refractivity contribution in [3.8, 4) is 0 Å². The van der Waals surface area contributed by atoms with Crippen LogP contribution >= 0.6 is 15.9 Å². The third kappa shape index (κ3) is 5.12. The van der Waals surface area contributed by atoms with E-state index < -0.39 is 19.3 Å². The lowest BCUT2D eigenvalue weighted by Crippen LogP contribution is -2.37. The lowest BCUT2D eigenvalue weighted by molar-refractivity contribution is -0.120. The minimum Gasteiger partial charge on any atom is -0.395 e. The maximum absolute atomic E-state index is 12.6. The monoisotopic (exact) mass is 356 g/mol. The van der Waals surface area contributed by atoms with Crippen LogP contribution in [0, 0.1) is 0 Å². The first-order chi connectivity index (χ1) is 9.39. The molecule has 0 aromatic carbocycles. The molecule has 0 amide bonds. The third-order valence-corrected chi connectivity index (χ3v) is 3.08. The van der Waals surface area contributed by atoms with Crippen molar-refractivity contribution in [1.29, 1.82) is 0 Å². The van der Waals surface area contributed by atoms with Gasteiger partial charge in [0.15, 0.2) is 0 Å². The lowest BCUT2D eigenvalue weighted by atomic mass is 10.4. The van der Waals surface area contributed by atoms with Crippen LogP contribution in [0.25, 0.3) is 0 Å². The number of halogens is 4. The maximum Gasteiger partial charge on any atom is 0.405 e. The summed E-state index contributed by atoms with van der Waals surface area (Å²) < 4.78 is 38.0. The Labute approximate surface area is 123 Å². The van der Waals surface area contributed by atoms with Gasteiger partial charge in [-0.15, -0.1) is 0 Å². The van der Waals surface area contributed by atoms with Crippen LogP contribution < -0.4 is 10.2 Å². The molecule has 0 unspecified atom stereocenters. The third-order valence-electron chi connectivity index (χ3n) is 2.35. The number of aliphatic hydroxyl groups excluding tert-OH is 1. The van der Waals surface area contributed by atoms with E-state index in [2.05, 4.69) is 31.2 Å². The van der Waals surface area contributed by atoms with Crippen molar-refractivity contribution in [2.24, 2.45) is 0 Å². The number of hydrogen-bond donors (Lipinski definition) is 2. The van der Waals surface area contributed by atoms with Gasteiger partial charge in [-0.1, -0.05) is 6.92 Å². The molecule has 0 saturated heterocycles. The first-order valence-corrected chi connectivity index (χ1v) is 6.85. The Morgan fingerprint density at radius 1 is 1.40 bits per heavy atom. The summed E-state index contributed by atoms with van der Waals surface area (Å²) in [5, 5.41) is 11.9. The fourth-order valence-electron chi connectivity index (χ4n) is 1.54. The number of aliphatic hydroxyl groups is 1. The highest BCUT2D eigenvalue weighted by Gasteiger charge is 2.32. The van der Waals surface area contributed by atoms with Crippen molar-refractivity contribution in [2.45, 2.75) is 19.5 Å². The number of anilines is 2. The normalized spacial score (nSPS) is 11.5. The van der Waals surface area contributed by atoms with Crippen molar-refractivity contribution in [3.05, 3.63) is 10.8 Å². The fraction of sp³-hybridized carbons (Fsp3) is 0.636. The molecule has 0 bridgehead atoms. The van der Waals surface area contributed by atoms with E-state index >= 15 is 0 Å². The highest BCUT2D eigenvalue weighted by molar-refractivity contribution is 9.10. The van der Waals surface area contributed by atoms with Gasteiger partial charge >= 0.3 is 6.18 Å². The van der Waals surface area contributed by atoms with Crippen molar-refractivity contribution >= 4 is 27.6 Å². The molecule has 0 radical (unpaired) electrons. The van der Waals surface area contributed by atoms with Crippen molar-refractivity contribution in [1.82, 2.24) is 9.97 Å². The minimum absolute atomic E-state index is 0.102. The van der Waals surface area contributed by atoms with Crippen LogP contribution in [0.5, 0.6) is 0 Å².